The maximum absolute atomic E-state index is 12.4. The van der Waals surface area contributed by atoms with E-state index in [2.05, 4.69) is 19.2 Å². The van der Waals surface area contributed by atoms with Crippen molar-refractivity contribution in [3.8, 4) is 5.75 Å². The highest BCUT2D eigenvalue weighted by molar-refractivity contribution is 5.93. The maximum Gasteiger partial charge on any atom is 0.227 e. The van der Waals surface area contributed by atoms with Gasteiger partial charge in [0.1, 0.15) is 5.75 Å². The van der Waals surface area contributed by atoms with Gasteiger partial charge in [0.05, 0.1) is 6.61 Å². The third kappa shape index (κ3) is 5.18. The Morgan fingerprint density at radius 2 is 2.18 bits per heavy atom. The molecule has 1 aliphatic carbocycles. The van der Waals surface area contributed by atoms with Crippen LogP contribution in [0, 0.1) is 17.8 Å². The van der Waals surface area contributed by atoms with Gasteiger partial charge in [-0.3, -0.25) is 4.79 Å². The zero-order valence-electron chi connectivity index (χ0n) is 13.4. The summed E-state index contributed by atoms with van der Waals surface area (Å²) in [6, 6.07) is 7.59. The standard InChI is InChI=1S/C17H26N2O2.ClH/c1-12(2)11-21-15-7-4-6-14(9-15)19-17(20)16-8-3-5-13(16)10-18;/h4,6-7,9,12-13,16H,3,5,8,10-11,18H2,1-2H3,(H,19,20);1H/t13-,16-;/m1./s1. The van der Waals surface area contributed by atoms with E-state index in [1.807, 2.05) is 24.3 Å². The van der Waals surface area contributed by atoms with Gasteiger partial charge in [-0.1, -0.05) is 26.3 Å². The van der Waals surface area contributed by atoms with Crippen molar-refractivity contribution in [2.45, 2.75) is 33.1 Å². The molecular weight excluding hydrogens is 300 g/mol. The first-order valence-corrected chi connectivity index (χ1v) is 7.84. The first kappa shape index (κ1) is 18.8. The van der Waals surface area contributed by atoms with Crippen LogP contribution < -0.4 is 15.8 Å². The summed E-state index contributed by atoms with van der Waals surface area (Å²) in [5.74, 6) is 1.74. The van der Waals surface area contributed by atoms with E-state index in [9.17, 15) is 4.79 Å². The number of nitrogens with two attached hydrogens (primary N) is 1. The molecule has 5 heteroatoms. The molecule has 0 saturated heterocycles. The first-order valence-electron chi connectivity index (χ1n) is 7.84. The molecule has 4 nitrogen and oxygen atoms in total. The quantitative estimate of drug-likeness (QED) is 0.841. The van der Waals surface area contributed by atoms with Crippen LogP contribution >= 0.6 is 12.4 Å². The second-order valence-electron chi connectivity index (χ2n) is 6.26. The van der Waals surface area contributed by atoms with Crippen molar-refractivity contribution >= 4 is 24.0 Å². The Balaban J connectivity index is 0.00000242. The second-order valence-corrected chi connectivity index (χ2v) is 6.26. The van der Waals surface area contributed by atoms with E-state index < -0.39 is 0 Å². The maximum atomic E-state index is 12.4. The molecule has 1 fully saturated rings. The third-order valence-corrected chi connectivity index (χ3v) is 3.98. The van der Waals surface area contributed by atoms with Gasteiger partial charge in [0, 0.05) is 17.7 Å². The van der Waals surface area contributed by atoms with Crippen molar-refractivity contribution in [2.24, 2.45) is 23.5 Å². The Bertz CT molecular complexity index is 479. The number of nitrogens with one attached hydrogen (secondary N) is 1. The lowest BCUT2D eigenvalue weighted by atomic mass is 9.95. The zero-order valence-corrected chi connectivity index (χ0v) is 14.2. The lowest BCUT2D eigenvalue weighted by Gasteiger charge is -2.17. The van der Waals surface area contributed by atoms with Crippen LogP contribution in [0.1, 0.15) is 33.1 Å². The number of hydrogen-bond acceptors (Lipinski definition) is 3. The molecule has 2 rings (SSSR count). The smallest absolute Gasteiger partial charge is 0.227 e. The van der Waals surface area contributed by atoms with Crippen molar-refractivity contribution in [1.82, 2.24) is 0 Å². The van der Waals surface area contributed by atoms with E-state index in [1.165, 1.54) is 0 Å². The molecule has 1 aliphatic rings. The SMILES string of the molecule is CC(C)COc1cccc(NC(=O)[C@@H]2CCC[C@@H]2CN)c1.Cl. The van der Waals surface area contributed by atoms with E-state index in [4.69, 9.17) is 10.5 Å². The number of anilines is 1. The average Bonchev–Trinajstić information content (AvgIpc) is 2.94. The molecule has 3 N–H and O–H groups in total. The Morgan fingerprint density at radius 3 is 2.86 bits per heavy atom. The van der Waals surface area contributed by atoms with Crippen molar-refractivity contribution in [1.29, 1.82) is 0 Å². The Kier molecular flexibility index (Phi) is 7.69. The van der Waals surface area contributed by atoms with Crippen molar-refractivity contribution in [3.63, 3.8) is 0 Å². The normalized spacial score (nSPS) is 20.5. The van der Waals surface area contributed by atoms with Crippen molar-refractivity contribution in [3.05, 3.63) is 24.3 Å². The van der Waals surface area contributed by atoms with E-state index >= 15 is 0 Å². The van der Waals surface area contributed by atoms with Crippen molar-refractivity contribution < 1.29 is 9.53 Å². The van der Waals surface area contributed by atoms with Gasteiger partial charge in [-0.15, -0.1) is 12.4 Å². The number of halogens is 1. The highest BCUT2D eigenvalue weighted by Crippen LogP contribution is 2.32. The van der Waals surface area contributed by atoms with Gasteiger partial charge >= 0.3 is 0 Å². The number of rotatable bonds is 6. The lowest BCUT2D eigenvalue weighted by Crippen LogP contribution is -2.29. The summed E-state index contributed by atoms with van der Waals surface area (Å²) >= 11 is 0. The molecule has 0 spiro atoms. The Labute approximate surface area is 139 Å². The molecular formula is C17H27ClN2O2. The van der Waals surface area contributed by atoms with E-state index in [-0.39, 0.29) is 24.2 Å². The first-order chi connectivity index (χ1) is 10.1. The molecule has 22 heavy (non-hydrogen) atoms. The Hall–Kier alpha value is -1.26. The number of amides is 1. The second kappa shape index (κ2) is 9.01. The molecule has 0 aromatic heterocycles. The van der Waals surface area contributed by atoms with Gasteiger partial charge in [-0.2, -0.15) is 0 Å². The van der Waals surface area contributed by atoms with E-state index in [0.29, 0.717) is 25.0 Å². The fraction of sp³-hybridized carbons (Fsp3) is 0.588. The van der Waals surface area contributed by atoms with Crippen LogP contribution in [-0.4, -0.2) is 19.1 Å². The number of benzene rings is 1. The summed E-state index contributed by atoms with van der Waals surface area (Å²) in [5, 5.41) is 3.00. The molecule has 0 radical (unpaired) electrons. The number of ether oxygens (including phenoxy) is 1. The highest BCUT2D eigenvalue weighted by Gasteiger charge is 2.31. The van der Waals surface area contributed by atoms with E-state index in [1.54, 1.807) is 0 Å². The van der Waals surface area contributed by atoms with Crippen LogP contribution in [0.3, 0.4) is 0 Å². The highest BCUT2D eigenvalue weighted by atomic mass is 35.5. The molecule has 1 amide bonds. The van der Waals surface area contributed by atoms with Crippen molar-refractivity contribution in [2.75, 3.05) is 18.5 Å². The molecule has 0 heterocycles. The van der Waals surface area contributed by atoms with Crippen LogP contribution in [0.4, 0.5) is 5.69 Å². The van der Waals surface area contributed by atoms with Crippen LogP contribution in [0.15, 0.2) is 24.3 Å². The summed E-state index contributed by atoms with van der Waals surface area (Å²) in [5.41, 5.74) is 6.54. The van der Waals surface area contributed by atoms with Gasteiger partial charge < -0.3 is 15.8 Å². The molecule has 1 aromatic carbocycles. The number of carbonyl (C=O) groups excluding carboxylic acids is 1. The summed E-state index contributed by atoms with van der Waals surface area (Å²) < 4.78 is 5.69. The number of hydrogen-bond donors (Lipinski definition) is 2. The minimum absolute atomic E-state index is 0. The predicted octanol–water partition coefficient (Wildman–Crippen LogP) is 3.46. The minimum atomic E-state index is 0. The van der Waals surface area contributed by atoms with Gasteiger partial charge in [-0.05, 0) is 43.4 Å². The fourth-order valence-electron chi connectivity index (χ4n) is 2.83. The molecule has 1 aromatic rings. The van der Waals surface area contributed by atoms with Gasteiger partial charge in [-0.25, -0.2) is 0 Å². The lowest BCUT2D eigenvalue weighted by molar-refractivity contribution is -0.120. The average molecular weight is 327 g/mol. The van der Waals surface area contributed by atoms with Crippen LogP contribution in [0.2, 0.25) is 0 Å². The molecule has 1 saturated carbocycles. The van der Waals surface area contributed by atoms with Crippen LogP contribution in [0.5, 0.6) is 5.75 Å². The monoisotopic (exact) mass is 326 g/mol. The summed E-state index contributed by atoms with van der Waals surface area (Å²) in [4.78, 5) is 12.4. The Morgan fingerprint density at radius 1 is 1.41 bits per heavy atom. The third-order valence-electron chi connectivity index (χ3n) is 3.98. The van der Waals surface area contributed by atoms with Gasteiger partial charge in [0.2, 0.25) is 5.91 Å². The molecule has 0 aliphatic heterocycles. The van der Waals surface area contributed by atoms with Gasteiger partial charge in [0.15, 0.2) is 0 Å². The molecule has 0 unspecified atom stereocenters. The van der Waals surface area contributed by atoms with Crippen LogP contribution in [0.25, 0.3) is 0 Å². The van der Waals surface area contributed by atoms with E-state index in [0.717, 1.165) is 30.7 Å². The largest absolute Gasteiger partial charge is 0.493 e. The summed E-state index contributed by atoms with van der Waals surface area (Å²) in [6.07, 6.45) is 3.10. The fourth-order valence-corrected chi connectivity index (χ4v) is 2.83. The molecule has 2 atom stereocenters. The van der Waals surface area contributed by atoms with Gasteiger partial charge in [0.25, 0.3) is 0 Å². The summed E-state index contributed by atoms with van der Waals surface area (Å²) in [7, 11) is 0. The summed E-state index contributed by atoms with van der Waals surface area (Å²) in [6.45, 7) is 5.49. The van der Waals surface area contributed by atoms with Crippen LogP contribution in [-0.2, 0) is 4.79 Å². The zero-order chi connectivity index (χ0) is 15.2. The predicted molar refractivity (Wildman–Crippen MR) is 92.5 cm³/mol. The molecule has 124 valence electrons. The molecule has 0 bridgehead atoms. The minimum Gasteiger partial charge on any atom is -0.493 e. The number of carbonyl (C=O) groups is 1. The topological polar surface area (TPSA) is 64.3 Å².